The standard InChI is InChI=1S/C15H33NO4/c1-14(2)6-4-3-5-11-20-13-15(19)12-16(7-9-17)8-10-18/h14-15,17-19H,3-13H2,1-2H3. The Balaban J connectivity index is 3.49. The van der Waals surface area contributed by atoms with Crippen LogP contribution in [0.3, 0.4) is 0 Å². The van der Waals surface area contributed by atoms with Crippen molar-refractivity contribution >= 4 is 0 Å². The largest absolute Gasteiger partial charge is 0.395 e. The lowest BCUT2D eigenvalue weighted by molar-refractivity contribution is 0.0103. The molecule has 20 heavy (non-hydrogen) atoms. The topological polar surface area (TPSA) is 73.2 Å². The van der Waals surface area contributed by atoms with E-state index < -0.39 is 6.10 Å². The minimum atomic E-state index is -0.566. The van der Waals surface area contributed by atoms with Gasteiger partial charge in [-0.2, -0.15) is 0 Å². The Kier molecular flexibility index (Phi) is 13.6. The Hall–Kier alpha value is -0.200. The molecular formula is C15H33NO4. The van der Waals surface area contributed by atoms with Crippen molar-refractivity contribution in [2.45, 2.75) is 45.6 Å². The normalized spacial score (nSPS) is 13.3. The molecule has 0 aliphatic rings. The lowest BCUT2D eigenvalue weighted by Crippen LogP contribution is -2.38. The van der Waals surface area contributed by atoms with Gasteiger partial charge >= 0.3 is 0 Å². The molecule has 0 aromatic carbocycles. The summed E-state index contributed by atoms with van der Waals surface area (Å²) in [4.78, 5) is 1.83. The molecule has 3 N–H and O–H groups in total. The van der Waals surface area contributed by atoms with Gasteiger partial charge in [0.05, 0.1) is 25.9 Å². The minimum absolute atomic E-state index is 0.0312. The zero-order valence-corrected chi connectivity index (χ0v) is 13.1. The Morgan fingerprint density at radius 1 is 1.00 bits per heavy atom. The molecule has 1 atom stereocenters. The number of hydrogen-bond acceptors (Lipinski definition) is 5. The molecule has 5 nitrogen and oxygen atoms in total. The van der Waals surface area contributed by atoms with Gasteiger partial charge in [0, 0.05) is 26.2 Å². The molecule has 0 bridgehead atoms. The van der Waals surface area contributed by atoms with Crippen LogP contribution < -0.4 is 0 Å². The summed E-state index contributed by atoms with van der Waals surface area (Å²) >= 11 is 0. The minimum Gasteiger partial charge on any atom is -0.395 e. The fraction of sp³-hybridized carbons (Fsp3) is 1.00. The number of ether oxygens (including phenoxy) is 1. The zero-order chi connectivity index (χ0) is 15.2. The summed E-state index contributed by atoms with van der Waals surface area (Å²) < 4.78 is 5.46. The fourth-order valence-electron chi connectivity index (χ4n) is 2.08. The summed E-state index contributed by atoms with van der Waals surface area (Å²) in [7, 11) is 0. The molecule has 0 rings (SSSR count). The molecule has 0 spiro atoms. The summed E-state index contributed by atoms with van der Waals surface area (Å²) in [6, 6.07) is 0. The fourth-order valence-corrected chi connectivity index (χ4v) is 2.08. The molecule has 0 saturated carbocycles. The average molecular weight is 291 g/mol. The van der Waals surface area contributed by atoms with Crippen LogP contribution >= 0.6 is 0 Å². The van der Waals surface area contributed by atoms with E-state index in [4.69, 9.17) is 14.9 Å². The van der Waals surface area contributed by atoms with E-state index in [0.717, 1.165) is 12.3 Å². The van der Waals surface area contributed by atoms with Crippen molar-refractivity contribution in [2.75, 3.05) is 46.1 Å². The Morgan fingerprint density at radius 2 is 1.65 bits per heavy atom. The van der Waals surface area contributed by atoms with Crippen LogP contribution in [0.15, 0.2) is 0 Å². The predicted molar refractivity (Wildman–Crippen MR) is 80.7 cm³/mol. The first-order chi connectivity index (χ1) is 9.60. The molecular weight excluding hydrogens is 258 g/mol. The van der Waals surface area contributed by atoms with E-state index in [1.54, 1.807) is 0 Å². The molecule has 0 aromatic heterocycles. The smallest absolute Gasteiger partial charge is 0.0900 e. The van der Waals surface area contributed by atoms with Crippen LogP contribution in [0.1, 0.15) is 39.5 Å². The molecule has 1 unspecified atom stereocenters. The predicted octanol–water partition coefficient (Wildman–Crippen LogP) is 0.867. The van der Waals surface area contributed by atoms with Crippen LogP contribution in [-0.4, -0.2) is 72.4 Å². The van der Waals surface area contributed by atoms with E-state index in [2.05, 4.69) is 13.8 Å². The average Bonchev–Trinajstić information content (AvgIpc) is 2.37. The summed E-state index contributed by atoms with van der Waals surface area (Å²) in [5.41, 5.74) is 0. The number of aliphatic hydroxyl groups excluding tert-OH is 3. The lowest BCUT2D eigenvalue weighted by Gasteiger charge is -2.23. The zero-order valence-electron chi connectivity index (χ0n) is 13.1. The van der Waals surface area contributed by atoms with Gasteiger partial charge < -0.3 is 20.1 Å². The lowest BCUT2D eigenvalue weighted by atomic mass is 10.1. The van der Waals surface area contributed by atoms with Crippen LogP contribution in [-0.2, 0) is 4.74 Å². The maximum atomic E-state index is 9.82. The molecule has 0 aliphatic carbocycles. The van der Waals surface area contributed by atoms with Gasteiger partial charge in [0.15, 0.2) is 0 Å². The first kappa shape index (κ1) is 19.8. The first-order valence-electron chi connectivity index (χ1n) is 7.80. The maximum Gasteiger partial charge on any atom is 0.0900 e. The van der Waals surface area contributed by atoms with Crippen molar-refractivity contribution in [1.29, 1.82) is 0 Å². The third kappa shape index (κ3) is 12.8. The van der Waals surface area contributed by atoms with Crippen molar-refractivity contribution in [2.24, 2.45) is 5.92 Å². The quantitative estimate of drug-likeness (QED) is 0.414. The number of unbranched alkanes of at least 4 members (excludes halogenated alkanes) is 2. The highest BCUT2D eigenvalue weighted by atomic mass is 16.5. The van der Waals surface area contributed by atoms with E-state index in [1.807, 2.05) is 4.90 Å². The van der Waals surface area contributed by atoms with Gasteiger partial charge in [-0.05, 0) is 12.3 Å². The van der Waals surface area contributed by atoms with Gasteiger partial charge in [-0.1, -0.05) is 33.1 Å². The van der Waals surface area contributed by atoms with Crippen molar-refractivity contribution in [1.82, 2.24) is 4.90 Å². The molecule has 0 heterocycles. The Morgan fingerprint density at radius 3 is 2.20 bits per heavy atom. The number of hydrogen-bond donors (Lipinski definition) is 3. The van der Waals surface area contributed by atoms with Gasteiger partial charge in [-0.15, -0.1) is 0 Å². The van der Waals surface area contributed by atoms with Gasteiger partial charge in [0.1, 0.15) is 0 Å². The second-order valence-electron chi connectivity index (χ2n) is 5.72. The molecule has 122 valence electrons. The highest BCUT2D eigenvalue weighted by molar-refractivity contribution is 4.64. The first-order valence-corrected chi connectivity index (χ1v) is 7.80. The van der Waals surface area contributed by atoms with Crippen LogP contribution in [0.25, 0.3) is 0 Å². The Labute approximate surface area is 123 Å². The second-order valence-corrected chi connectivity index (χ2v) is 5.72. The van der Waals surface area contributed by atoms with Crippen LogP contribution in [0.2, 0.25) is 0 Å². The van der Waals surface area contributed by atoms with Gasteiger partial charge in [0.2, 0.25) is 0 Å². The molecule has 5 heteroatoms. The van der Waals surface area contributed by atoms with E-state index >= 15 is 0 Å². The summed E-state index contributed by atoms with van der Waals surface area (Å²) in [5, 5.41) is 27.6. The van der Waals surface area contributed by atoms with E-state index in [-0.39, 0.29) is 13.2 Å². The number of nitrogens with zero attached hydrogens (tertiary/aromatic N) is 1. The summed E-state index contributed by atoms with van der Waals surface area (Å²) in [6.07, 6.45) is 4.15. The molecule has 0 fully saturated rings. The Bertz CT molecular complexity index is 196. The molecule has 0 saturated heterocycles. The van der Waals surface area contributed by atoms with Gasteiger partial charge in [-0.3, -0.25) is 4.90 Å². The monoisotopic (exact) mass is 291 g/mol. The number of aliphatic hydroxyl groups is 3. The maximum absolute atomic E-state index is 9.82. The van der Waals surface area contributed by atoms with Gasteiger partial charge in [-0.25, -0.2) is 0 Å². The van der Waals surface area contributed by atoms with Crippen molar-refractivity contribution in [3.05, 3.63) is 0 Å². The van der Waals surface area contributed by atoms with E-state index in [1.165, 1.54) is 19.3 Å². The highest BCUT2D eigenvalue weighted by Crippen LogP contribution is 2.08. The van der Waals surface area contributed by atoms with Crippen molar-refractivity contribution < 1.29 is 20.1 Å². The highest BCUT2D eigenvalue weighted by Gasteiger charge is 2.11. The summed E-state index contributed by atoms with van der Waals surface area (Å²) in [6.45, 7) is 6.89. The second kappa shape index (κ2) is 13.8. The molecule has 0 aliphatic heterocycles. The number of rotatable bonds is 14. The molecule has 0 radical (unpaired) electrons. The van der Waals surface area contributed by atoms with Crippen LogP contribution in [0.4, 0.5) is 0 Å². The molecule has 0 aromatic rings. The van der Waals surface area contributed by atoms with Gasteiger partial charge in [0.25, 0.3) is 0 Å². The third-order valence-electron chi connectivity index (χ3n) is 3.18. The van der Waals surface area contributed by atoms with Crippen molar-refractivity contribution in [3.8, 4) is 0 Å². The van der Waals surface area contributed by atoms with E-state index in [0.29, 0.717) is 32.8 Å². The third-order valence-corrected chi connectivity index (χ3v) is 3.18. The van der Waals surface area contributed by atoms with Crippen molar-refractivity contribution in [3.63, 3.8) is 0 Å². The summed E-state index contributed by atoms with van der Waals surface area (Å²) in [5.74, 6) is 0.766. The van der Waals surface area contributed by atoms with E-state index in [9.17, 15) is 5.11 Å². The molecule has 0 amide bonds. The van der Waals surface area contributed by atoms with Crippen LogP contribution in [0, 0.1) is 5.92 Å². The van der Waals surface area contributed by atoms with Crippen LogP contribution in [0.5, 0.6) is 0 Å². The SMILES string of the molecule is CC(C)CCCCCOCC(O)CN(CCO)CCO.